The number of benzene rings is 1. The second kappa shape index (κ2) is 7.98. The van der Waals surface area contributed by atoms with Crippen molar-refractivity contribution in [2.75, 3.05) is 31.1 Å². The van der Waals surface area contributed by atoms with Gasteiger partial charge in [0.2, 0.25) is 0 Å². The van der Waals surface area contributed by atoms with Crippen LogP contribution in [0.25, 0.3) is 0 Å². The molecule has 2 aliphatic rings. The molecule has 1 aliphatic heterocycles. The molecule has 2 N–H and O–H groups in total. The molecule has 3 heteroatoms. The minimum atomic E-state index is 0.347. The summed E-state index contributed by atoms with van der Waals surface area (Å²) in [7, 11) is 0. The average Bonchev–Trinajstić information content (AvgIpc) is 3.09. The zero-order valence-corrected chi connectivity index (χ0v) is 13.6. The van der Waals surface area contributed by atoms with Gasteiger partial charge in [0, 0.05) is 31.9 Å². The smallest absolute Gasteiger partial charge is 0.0460 e. The Balaban J connectivity index is 1.43. The van der Waals surface area contributed by atoms with Crippen LogP contribution in [0.5, 0.6) is 0 Å². The van der Waals surface area contributed by atoms with Crippen molar-refractivity contribution in [1.82, 2.24) is 5.32 Å². The highest BCUT2D eigenvalue weighted by Gasteiger charge is 2.18. The monoisotopic (exact) mass is 302 g/mol. The zero-order valence-electron chi connectivity index (χ0n) is 13.6. The number of hydrogen-bond acceptors (Lipinski definition) is 3. The minimum absolute atomic E-state index is 0.347. The standard InChI is InChI=1S/C19H30N2O/c22-15-18-9-11-21(12-10-18)19-7-5-17(6-8-19)14-20-13-16-3-1-2-4-16/h5-8,16,18,20,22H,1-4,9-15H2. The lowest BCUT2D eigenvalue weighted by Crippen LogP contribution is -2.34. The average molecular weight is 302 g/mol. The van der Waals surface area contributed by atoms with E-state index >= 15 is 0 Å². The summed E-state index contributed by atoms with van der Waals surface area (Å²) in [5.41, 5.74) is 2.71. The third-order valence-electron chi connectivity index (χ3n) is 5.41. The van der Waals surface area contributed by atoms with Gasteiger partial charge < -0.3 is 15.3 Å². The lowest BCUT2D eigenvalue weighted by Gasteiger charge is -2.33. The first-order valence-corrected chi connectivity index (χ1v) is 9.00. The van der Waals surface area contributed by atoms with E-state index < -0.39 is 0 Å². The summed E-state index contributed by atoms with van der Waals surface area (Å²) in [4.78, 5) is 2.45. The number of rotatable bonds is 6. The first-order chi connectivity index (χ1) is 10.8. The summed E-state index contributed by atoms with van der Waals surface area (Å²) in [6.07, 6.45) is 7.90. The first kappa shape index (κ1) is 15.8. The molecule has 0 spiro atoms. The highest BCUT2D eigenvalue weighted by molar-refractivity contribution is 5.47. The maximum atomic E-state index is 9.22. The molecular weight excluding hydrogens is 272 g/mol. The van der Waals surface area contributed by atoms with E-state index in [-0.39, 0.29) is 0 Å². The van der Waals surface area contributed by atoms with Crippen LogP contribution in [0.3, 0.4) is 0 Å². The van der Waals surface area contributed by atoms with Gasteiger partial charge in [-0.2, -0.15) is 0 Å². The van der Waals surface area contributed by atoms with Gasteiger partial charge in [-0.15, -0.1) is 0 Å². The van der Waals surface area contributed by atoms with E-state index in [2.05, 4.69) is 34.5 Å². The molecule has 1 aliphatic carbocycles. The zero-order chi connectivity index (χ0) is 15.2. The van der Waals surface area contributed by atoms with Crippen molar-refractivity contribution in [3.8, 4) is 0 Å². The third-order valence-corrected chi connectivity index (χ3v) is 5.41. The second-order valence-corrected chi connectivity index (χ2v) is 7.06. The van der Waals surface area contributed by atoms with E-state index in [1.54, 1.807) is 0 Å². The molecular formula is C19H30N2O. The number of aliphatic hydroxyl groups excluding tert-OH is 1. The van der Waals surface area contributed by atoms with Gasteiger partial charge in [0.25, 0.3) is 0 Å². The molecule has 1 aromatic carbocycles. The Hall–Kier alpha value is -1.06. The van der Waals surface area contributed by atoms with Crippen LogP contribution in [-0.2, 0) is 6.54 Å². The van der Waals surface area contributed by atoms with Crippen molar-refractivity contribution in [2.24, 2.45) is 11.8 Å². The predicted octanol–water partition coefficient (Wildman–Crippen LogP) is 3.18. The SMILES string of the molecule is OCC1CCN(c2ccc(CNCC3CCCC3)cc2)CC1. The molecule has 0 amide bonds. The molecule has 22 heavy (non-hydrogen) atoms. The first-order valence-electron chi connectivity index (χ1n) is 9.00. The molecule has 0 unspecified atom stereocenters. The Labute approximate surface area is 134 Å². The molecule has 0 atom stereocenters. The van der Waals surface area contributed by atoms with Gasteiger partial charge in [0.15, 0.2) is 0 Å². The summed E-state index contributed by atoms with van der Waals surface area (Å²) in [5, 5.41) is 12.8. The lowest BCUT2D eigenvalue weighted by atomic mass is 9.97. The molecule has 3 nitrogen and oxygen atoms in total. The molecule has 2 fully saturated rings. The van der Waals surface area contributed by atoms with Gasteiger partial charge in [0.1, 0.15) is 0 Å². The van der Waals surface area contributed by atoms with Crippen molar-refractivity contribution < 1.29 is 5.11 Å². The summed E-state index contributed by atoms with van der Waals surface area (Å²) in [5.74, 6) is 1.42. The lowest BCUT2D eigenvalue weighted by molar-refractivity contribution is 0.203. The van der Waals surface area contributed by atoms with E-state index in [9.17, 15) is 5.11 Å². The summed E-state index contributed by atoms with van der Waals surface area (Å²) >= 11 is 0. The van der Waals surface area contributed by atoms with Gasteiger partial charge >= 0.3 is 0 Å². The second-order valence-electron chi connectivity index (χ2n) is 7.06. The Morgan fingerprint density at radius 2 is 1.64 bits per heavy atom. The van der Waals surface area contributed by atoms with Gasteiger partial charge in [-0.1, -0.05) is 25.0 Å². The van der Waals surface area contributed by atoms with Crippen LogP contribution < -0.4 is 10.2 Å². The fourth-order valence-corrected chi connectivity index (χ4v) is 3.83. The molecule has 0 radical (unpaired) electrons. The number of nitrogens with zero attached hydrogens (tertiary/aromatic N) is 1. The Bertz CT molecular complexity index is 431. The number of anilines is 1. The van der Waals surface area contributed by atoms with Crippen LogP contribution in [0.15, 0.2) is 24.3 Å². The molecule has 0 bridgehead atoms. The maximum absolute atomic E-state index is 9.22. The normalized spacial score (nSPS) is 20.7. The van der Waals surface area contributed by atoms with Crippen molar-refractivity contribution in [3.63, 3.8) is 0 Å². The number of nitrogens with one attached hydrogen (secondary N) is 1. The quantitative estimate of drug-likeness (QED) is 0.847. The molecule has 3 rings (SSSR count). The van der Waals surface area contributed by atoms with E-state index in [0.717, 1.165) is 38.4 Å². The van der Waals surface area contributed by atoms with E-state index in [0.29, 0.717) is 12.5 Å². The van der Waals surface area contributed by atoms with Crippen LogP contribution in [0.2, 0.25) is 0 Å². The van der Waals surface area contributed by atoms with Crippen LogP contribution in [0.4, 0.5) is 5.69 Å². The third kappa shape index (κ3) is 4.23. The van der Waals surface area contributed by atoms with E-state index in [4.69, 9.17) is 0 Å². The van der Waals surface area contributed by atoms with Gasteiger partial charge in [-0.3, -0.25) is 0 Å². The molecule has 1 saturated carbocycles. The largest absolute Gasteiger partial charge is 0.396 e. The van der Waals surface area contributed by atoms with E-state index in [1.165, 1.54) is 43.5 Å². The van der Waals surface area contributed by atoms with Crippen molar-refractivity contribution in [2.45, 2.75) is 45.1 Å². The fraction of sp³-hybridized carbons (Fsp3) is 0.684. The molecule has 0 aromatic heterocycles. The van der Waals surface area contributed by atoms with Crippen molar-refractivity contribution in [3.05, 3.63) is 29.8 Å². The Morgan fingerprint density at radius 1 is 0.955 bits per heavy atom. The van der Waals surface area contributed by atoms with Crippen LogP contribution in [-0.4, -0.2) is 31.3 Å². The van der Waals surface area contributed by atoms with Crippen LogP contribution >= 0.6 is 0 Å². The molecule has 1 aromatic rings. The van der Waals surface area contributed by atoms with Gasteiger partial charge in [-0.25, -0.2) is 0 Å². The predicted molar refractivity (Wildman–Crippen MR) is 92.1 cm³/mol. The van der Waals surface area contributed by atoms with Crippen LogP contribution in [0, 0.1) is 11.8 Å². The fourth-order valence-electron chi connectivity index (χ4n) is 3.83. The summed E-state index contributed by atoms with van der Waals surface area (Å²) < 4.78 is 0. The molecule has 1 heterocycles. The summed E-state index contributed by atoms with van der Waals surface area (Å²) in [6.45, 7) is 4.66. The number of piperidine rings is 1. The highest BCUT2D eigenvalue weighted by atomic mass is 16.3. The topological polar surface area (TPSA) is 35.5 Å². The van der Waals surface area contributed by atoms with E-state index in [1.807, 2.05) is 0 Å². The van der Waals surface area contributed by atoms with Crippen LogP contribution in [0.1, 0.15) is 44.1 Å². The Morgan fingerprint density at radius 3 is 2.27 bits per heavy atom. The molecule has 1 saturated heterocycles. The number of hydrogen-bond donors (Lipinski definition) is 2. The summed E-state index contributed by atoms with van der Waals surface area (Å²) in [6, 6.07) is 9.03. The van der Waals surface area contributed by atoms with Gasteiger partial charge in [0.05, 0.1) is 0 Å². The number of aliphatic hydroxyl groups is 1. The molecule has 122 valence electrons. The highest BCUT2D eigenvalue weighted by Crippen LogP contribution is 2.25. The van der Waals surface area contributed by atoms with Crippen molar-refractivity contribution >= 4 is 5.69 Å². The minimum Gasteiger partial charge on any atom is -0.396 e. The van der Waals surface area contributed by atoms with Crippen molar-refractivity contribution in [1.29, 1.82) is 0 Å². The van der Waals surface area contributed by atoms with Gasteiger partial charge in [-0.05, 0) is 61.8 Å². The maximum Gasteiger partial charge on any atom is 0.0460 e. The Kier molecular flexibility index (Phi) is 5.74.